The molecular weight excluding hydrogens is 381 g/mol. The minimum atomic E-state index is -0.430. The zero-order valence-corrected chi connectivity index (χ0v) is 15.4. The summed E-state index contributed by atoms with van der Waals surface area (Å²) in [4.78, 5) is 20.5. The third-order valence-corrected chi connectivity index (χ3v) is 4.65. The first-order valence-electron chi connectivity index (χ1n) is 7.28. The van der Waals surface area contributed by atoms with Gasteiger partial charge in [0.2, 0.25) is 11.1 Å². The molecule has 0 aliphatic carbocycles. The van der Waals surface area contributed by atoms with Gasteiger partial charge in [0.15, 0.2) is 5.82 Å². The van der Waals surface area contributed by atoms with Gasteiger partial charge in [0.1, 0.15) is 6.33 Å². The minimum Gasteiger partial charge on any atom is -0.308 e. The molecule has 9 heteroatoms. The minimum absolute atomic E-state index is 0.252. The van der Waals surface area contributed by atoms with Crippen molar-refractivity contribution in [2.45, 2.75) is 17.3 Å². The molecule has 3 rings (SSSR count). The van der Waals surface area contributed by atoms with E-state index in [0.29, 0.717) is 10.2 Å². The lowest BCUT2D eigenvalue weighted by Gasteiger charge is -2.10. The lowest BCUT2D eigenvalue weighted by molar-refractivity contribution is -0.115. The van der Waals surface area contributed by atoms with E-state index in [1.807, 2.05) is 30.3 Å². The number of nitrogens with one attached hydrogen (secondary N) is 1. The van der Waals surface area contributed by atoms with Crippen LogP contribution in [0, 0.1) is 0 Å². The van der Waals surface area contributed by atoms with Gasteiger partial charge in [-0.25, -0.2) is 14.6 Å². The molecule has 0 fully saturated rings. The summed E-state index contributed by atoms with van der Waals surface area (Å²) < 4.78 is 1.66. The Morgan fingerprint density at radius 1 is 1.24 bits per heavy atom. The summed E-state index contributed by atoms with van der Waals surface area (Å²) in [5.41, 5.74) is 0.899. The van der Waals surface area contributed by atoms with Gasteiger partial charge in [-0.3, -0.25) is 4.79 Å². The molecular formula is C16H13Cl2N5OS. The van der Waals surface area contributed by atoms with Crippen LogP contribution in [0.15, 0.2) is 54.1 Å². The lowest BCUT2D eigenvalue weighted by atomic mass is 10.3. The Morgan fingerprint density at radius 3 is 2.72 bits per heavy atom. The SMILES string of the molecule is CC(Sc1ncn(-c2ccccc2)n1)C(=O)Nc1ncc(Cl)cc1Cl. The highest BCUT2D eigenvalue weighted by atomic mass is 35.5. The van der Waals surface area contributed by atoms with Gasteiger partial charge in [0.05, 0.1) is 21.0 Å². The molecule has 2 heterocycles. The number of nitrogens with zero attached hydrogens (tertiary/aromatic N) is 4. The fraction of sp³-hybridized carbons (Fsp3) is 0.125. The third-order valence-electron chi connectivity index (χ3n) is 3.19. The van der Waals surface area contributed by atoms with Crippen LogP contribution in [-0.4, -0.2) is 30.9 Å². The predicted molar refractivity (Wildman–Crippen MR) is 99.6 cm³/mol. The highest BCUT2D eigenvalue weighted by Gasteiger charge is 2.18. The Labute approximate surface area is 158 Å². The van der Waals surface area contributed by atoms with Crippen molar-refractivity contribution in [2.75, 3.05) is 5.32 Å². The zero-order chi connectivity index (χ0) is 17.8. The van der Waals surface area contributed by atoms with Crippen LogP contribution in [0.5, 0.6) is 0 Å². The average Bonchev–Trinajstić information content (AvgIpc) is 3.06. The normalized spacial score (nSPS) is 12.0. The number of carbonyl (C=O) groups is 1. The molecule has 0 spiro atoms. The summed E-state index contributed by atoms with van der Waals surface area (Å²) in [6, 6.07) is 11.1. The Bertz CT molecular complexity index is 887. The first-order chi connectivity index (χ1) is 12.0. The van der Waals surface area contributed by atoms with E-state index >= 15 is 0 Å². The second kappa shape index (κ2) is 7.86. The number of para-hydroxylation sites is 1. The Morgan fingerprint density at radius 2 is 2.00 bits per heavy atom. The van der Waals surface area contributed by atoms with Gasteiger partial charge >= 0.3 is 0 Å². The molecule has 0 saturated heterocycles. The summed E-state index contributed by atoms with van der Waals surface area (Å²) in [6.45, 7) is 1.76. The van der Waals surface area contributed by atoms with E-state index in [9.17, 15) is 4.79 Å². The van der Waals surface area contributed by atoms with Gasteiger partial charge in [0, 0.05) is 6.20 Å². The number of halogens is 2. The summed E-state index contributed by atoms with van der Waals surface area (Å²) >= 11 is 13.1. The van der Waals surface area contributed by atoms with Crippen LogP contribution in [0.3, 0.4) is 0 Å². The molecule has 1 unspecified atom stereocenters. The monoisotopic (exact) mass is 393 g/mol. The first kappa shape index (κ1) is 17.7. The Hall–Kier alpha value is -2.09. The largest absolute Gasteiger partial charge is 0.308 e. The Balaban J connectivity index is 1.65. The molecule has 0 bridgehead atoms. The topological polar surface area (TPSA) is 72.7 Å². The van der Waals surface area contributed by atoms with Crippen molar-refractivity contribution in [2.24, 2.45) is 0 Å². The Kier molecular flexibility index (Phi) is 5.57. The predicted octanol–water partition coefficient (Wildman–Crippen LogP) is 4.09. The van der Waals surface area contributed by atoms with Crippen molar-refractivity contribution >= 4 is 46.7 Å². The van der Waals surface area contributed by atoms with Gasteiger partial charge in [-0.1, -0.05) is 53.2 Å². The van der Waals surface area contributed by atoms with Crippen molar-refractivity contribution < 1.29 is 4.79 Å². The van der Waals surface area contributed by atoms with Crippen LogP contribution >= 0.6 is 35.0 Å². The summed E-state index contributed by atoms with van der Waals surface area (Å²) in [6.07, 6.45) is 3.03. The van der Waals surface area contributed by atoms with E-state index in [0.717, 1.165) is 5.69 Å². The number of hydrogen-bond donors (Lipinski definition) is 1. The highest BCUT2D eigenvalue weighted by molar-refractivity contribution is 8.00. The van der Waals surface area contributed by atoms with Crippen LogP contribution in [0.2, 0.25) is 10.0 Å². The van der Waals surface area contributed by atoms with Gasteiger partial charge in [-0.05, 0) is 25.1 Å². The van der Waals surface area contributed by atoms with Gasteiger partial charge in [0.25, 0.3) is 0 Å². The number of aromatic nitrogens is 4. The molecule has 0 saturated carbocycles. The van der Waals surface area contributed by atoms with Crippen LogP contribution in [0.25, 0.3) is 5.69 Å². The number of benzene rings is 1. The van der Waals surface area contributed by atoms with Gasteiger partial charge in [-0.15, -0.1) is 5.10 Å². The molecule has 6 nitrogen and oxygen atoms in total. The number of carbonyl (C=O) groups excluding carboxylic acids is 1. The average molecular weight is 394 g/mol. The van der Waals surface area contributed by atoms with E-state index in [1.165, 1.54) is 24.0 Å². The van der Waals surface area contributed by atoms with Crippen molar-refractivity contribution in [3.63, 3.8) is 0 Å². The van der Waals surface area contributed by atoms with Crippen LogP contribution < -0.4 is 5.32 Å². The molecule has 128 valence electrons. The number of amides is 1. The molecule has 2 aromatic heterocycles. The van der Waals surface area contributed by atoms with Crippen molar-refractivity contribution in [3.8, 4) is 5.69 Å². The molecule has 1 N–H and O–H groups in total. The van der Waals surface area contributed by atoms with Crippen LogP contribution in [-0.2, 0) is 4.79 Å². The van der Waals surface area contributed by atoms with Crippen molar-refractivity contribution in [1.82, 2.24) is 19.7 Å². The zero-order valence-electron chi connectivity index (χ0n) is 13.1. The van der Waals surface area contributed by atoms with Crippen LogP contribution in [0.4, 0.5) is 5.82 Å². The van der Waals surface area contributed by atoms with Crippen LogP contribution in [0.1, 0.15) is 6.92 Å². The molecule has 1 aromatic carbocycles. The summed E-state index contributed by atoms with van der Waals surface area (Å²) in [5.74, 6) is 0.0177. The molecule has 0 aliphatic rings. The van der Waals surface area contributed by atoms with E-state index in [4.69, 9.17) is 23.2 Å². The lowest BCUT2D eigenvalue weighted by Crippen LogP contribution is -2.23. The van der Waals surface area contributed by atoms with Gasteiger partial charge < -0.3 is 5.32 Å². The third kappa shape index (κ3) is 4.50. The standard InChI is InChI=1S/C16H13Cl2N5OS/c1-10(15(24)21-14-13(18)7-11(17)8-19-14)25-16-20-9-23(22-16)12-5-3-2-4-6-12/h2-10H,1H3,(H,19,21,24). The molecule has 1 atom stereocenters. The number of hydrogen-bond acceptors (Lipinski definition) is 5. The summed E-state index contributed by atoms with van der Waals surface area (Å²) in [5, 5.41) is 7.80. The van der Waals surface area contributed by atoms with Crippen molar-refractivity contribution in [3.05, 3.63) is 59.0 Å². The number of rotatable bonds is 5. The van der Waals surface area contributed by atoms with Crippen molar-refractivity contribution in [1.29, 1.82) is 0 Å². The van der Waals surface area contributed by atoms with E-state index in [-0.39, 0.29) is 16.7 Å². The second-order valence-electron chi connectivity index (χ2n) is 5.04. The fourth-order valence-electron chi connectivity index (χ4n) is 1.94. The van der Waals surface area contributed by atoms with E-state index < -0.39 is 5.25 Å². The first-order valence-corrected chi connectivity index (χ1v) is 8.92. The second-order valence-corrected chi connectivity index (χ2v) is 7.19. The maximum absolute atomic E-state index is 12.3. The number of pyridine rings is 1. The molecule has 1 amide bonds. The molecule has 3 aromatic rings. The smallest absolute Gasteiger partial charge is 0.238 e. The highest BCUT2D eigenvalue weighted by Crippen LogP contribution is 2.25. The number of thioether (sulfide) groups is 1. The number of anilines is 1. The molecule has 0 radical (unpaired) electrons. The quantitative estimate of drug-likeness (QED) is 0.660. The summed E-state index contributed by atoms with van der Waals surface area (Å²) in [7, 11) is 0. The van der Waals surface area contributed by atoms with E-state index in [2.05, 4.69) is 20.4 Å². The van der Waals surface area contributed by atoms with E-state index in [1.54, 1.807) is 17.9 Å². The molecule has 25 heavy (non-hydrogen) atoms. The molecule has 0 aliphatic heterocycles. The maximum atomic E-state index is 12.3. The maximum Gasteiger partial charge on any atom is 0.238 e. The fourth-order valence-corrected chi connectivity index (χ4v) is 3.10. The van der Waals surface area contributed by atoms with Gasteiger partial charge in [-0.2, -0.15) is 0 Å².